The number of halogens is 2. The number of aryl methyl sites for hydroxylation is 1. The summed E-state index contributed by atoms with van der Waals surface area (Å²) in [5.41, 5.74) is 4.75. The van der Waals surface area contributed by atoms with Crippen molar-refractivity contribution in [2.45, 2.75) is 19.4 Å². The lowest BCUT2D eigenvalue weighted by Gasteiger charge is -2.16. The molecule has 5 heteroatoms. The molecule has 2 aromatic rings. The summed E-state index contributed by atoms with van der Waals surface area (Å²) in [4.78, 5) is 1.00. The van der Waals surface area contributed by atoms with E-state index in [0.29, 0.717) is 11.4 Å². The topological polar surface area (TPSA) is 38.0 Å². The van der Waals surface area contributed by atoms with Crippen LogP contribution in [0.1, 0.15) is 22.0 Å². The average Bonchev–Trinajstić information content (AvgIpc) is 2.75. The van der Waals surface area contributed by atoms with E-state index in [0.717, 1.165) is 16.0 Å². The summed E-state index contributed by atoms with van der Waals surface area (Å²) in [6.07, 6.45) is 0.683. The number of rotatable bonds is 4. The lowest BCUT2D eigenvalue weighted by atomic mass is 10.0. The van der Waals surface area contributed by atoms with Crippen molar-refractivity contribution in [2.75, 3.05) is 0 Å². The first kappa shape index (κ1) is 13.5. The first-order valence-electron chi connectivity index (χ1n) is 5.56. The number of benzene rings is 1. The summed E-state index contributed by atoms with van der Waals surface area (Å²) < 4.78 is 13.0. The molecule has 0 aliphatic carbocycles. The third-order valence-electron chi connectivity index (χ3n) is 2.89. The van der Waals surface area contributed by atoms with Crippen molar-refractivity contribution >= 4 is 22.9 Å². The van der Waals surface area contributed by atoms with E-state index in [4.69, 9.17) is 17.4 Å². The Balaban J connectivity index is 2.23. The largest absolute Gasteiger partial charge is 0.271 e. The second kappa shape index (κ2) is 5.80. The van der Waals surface area contributed by atoms with Crippen LogP contribution in [0, 0.1) is 12.7 Å². The minimum Gasteiger partial charge on any atom is -0.271 e. The molecule has 96 valence electrons. The van der Waals surface area contributed by atoms with E-state index in [9.17, 15) is 4.39 Å². The van der Waals surface area contributed by atoms with Crippen molar-refractivity contribution in [1.82, 2.24) is 5.43 Å². The second-order valence-corrected chi connectivity index (χ2v) is 5.48. The SMILES string of the molecule is Cc1cc(F)ccc1CC(NN)c1sccc1Cl. The van der Waals surface area contributed by atoms with Crippen LogP contribution in [-0.2, 0) is 6.42 Å². The van der Waals surface area contributed by atoms with E-state index in [-0.39, 0.29) is 11.9 Å². The molecule has 0 saturated heterocycles. The summed E-state index contributed by atoms with van der Waals surface area (Å²) in [6, 6.07) is 6.58. The summed E-state index contributed by atoms with van der Waals surface area (Å²) in [7, 11) is 0. The van der Waals surface area contributed by atoms with Crippen LogP contribution in [0.25, 0.3) is 0 Å². The minimum absolute atomic E-state index is 0.0540. The zero-order valence-corrected chi connectivity index (χ0v) is 11.5. The molecule has 3 N–H and O–H groups in total. The van der Waals surface area contributed by atoms with E-state index < -0.39 is 0 Å². The highest BCUT2D eigenvalue weighted by atomic mass is 35.5. The standard InChI is InChI=1S/C13H14ClFN2S/c1-8-6-10(15)3-2-9(8)7-12(17-16)13-11(14)4-5-18-13/h2-6,12,17H,7,16H2,1H3. The fourth-order valence-corrected chi connectivity index (χ4v) is 3.14. The predicted molar refractivity (Wildman–Crippen MR) is 74.2 cm³/mol. The molecule has 0 saturated carbocycles. The molecule has 18 heavy (non-hydrogen) atoms. The Hall–Kier alpha value is -0.940. The number of thiophene rings is 1. The quantitative estimate of drug-likeness (QED) is 0.665. The second-order valence-electron chi connectivity index (χ2n) is 4.13. The summed E-state index contributed by atoms with van der Waals surface area (Å²) in [6.45, 7) is 1.89. The van der Waals surface area contributed by atoms with Gasteiger partial charge < -0.3 is 0 Å². The lowest BCUT2D eigenvalue weighted by Crippen LogP contribution is -2.29. The molecule has 1 aromatic carbocycles. The maximum absolute atomic E-state index is 13.0. The Morgan fingerprint density at radius 1 is 1.44 bits per heavy atom. The van der Waals surface area contributed by atoms with Gasteiger partial charge in [0.25, 0.3) is 0 Å². The van der Waals surface area contributed by atoms with Gasteiger partial charge in [-0.3, -0.25) is 11.3 Å². The van der Waals surface area contributed by atoms with Crippen molar-refractivity contribution < 1.29 is 4.39 Å². The van der Waals surface area contributed by atoms with Gasteiger partial charge in [-0.1, -0.05) is 17.7 Å². The molecule has 1 unspecified atom stereocenters. The zero-order chi connectivity index (χ0) is 13.1. The van der Waals surface area contributed by atoms with Crippen LogP contribution in [0.3, 0.4) is 0 Å². The monoisotopic (exact) mass is 284 g/mol. The maximum atomic E-state index is 13.0. The van der Waals surface area contributed by atoms with Crippen LogP contribution in [0.4, 0.5) is 4.39 Å². The third-order valence-corrected chi connectivity index (χ3v) is 4.36. The predicted octanol–water partition coefficient (Wildman–Crippen LogP) is 3.60. The molecule has 1 atom stereocenters. The first-order chi connectivity index (χ1) is 8.61. The van der Waals surface area contributed by atoms with E-state index in [2.05, 4.69) is 5.43 Å². The van der Waals surface area contributed by atoms with Gasteiger partial charge in [0.15, 0.2) is 0 Å². The van der Waals surface area contributed by atoms with E-state index >= 15 is 0 Å². The van der Waals surface area contributed by atoms with Crippen LogP contribution in [-0.4, -0.2) is 0 Å². The molecule has 0 bridgehead atoms. The van der Waals surface area contributed by atoms with Crippen molar-refractivity contribution in [3.05, 3.63) is 56.5 Å². The fourth-order valence-electron chi connectivity index (χ4n) is 1.89. The Kier molecular flexibility index (Phi) is 4.35. The van der Waals surface area contributed by atoms with Crippen LogP contribution >= 0.6 is 22.9 Å². The zero-order valence-electron chi connectivity index (χ0n) is 9.91. The molecule has 2 rings (SSSR count). The van der Waals surface area contributed by atoms with Gasteiger partial charge in [-0.05, 0) is 48.1 Å². The van der Waals surface area contributed by atoms with Crippen LogP contribution in [0.2, 0.25) is 5.02 Å². The van der Waals surface area contributed by atoms with Crippen LogP contribution < -0.4 is 11.3 Å². The highest BCUT2D eigenvalue weighted by molar-refractivity contribution is 7.10. The van der Waals surface area contributed by atoms with Crippen molar-refractivity contribution in [3.63, 3.8) is 0 Å². The molecule has 2 nitrogen and oxygen atoms in total. The Morgan fingerprint density at radius 2 is 2.22 bits per heavy atom. The molecule has 0 aliphatic heterocycles. The van der Waals surface area contributed by atoms with Crippen molar-refractivity contribution in [2.24, 2.45) is 5.84 Å². The number of hydrogen-bond donors (Lipinski definition) is 2. The highest BCUT2D eigenvalue weighted by Crippen LogP contribution is 2.30. The molecule has 0 radical (unpaired) electrons. The van der Waals surface area contributed by atoms with Gasteiger partial charge in [-0.15, -0.1) is 11.3 Å². The van der Waals surface area contributed by atoms with Gasteiger partial charge >= 0.3 is 0 Å². The summed E-state index contributed by atoms with van der Waals surface area (Å²) in [5, 5.41) is 2.64. The molecule has 0 amide bonds. The van der Waals surface area contributed by atoms with E-state index in [1.165, 1.54) is 12.1 Å². The Labute approximate surface area is 115 Å². The molecule has 0 fully saturated rings. The van der Waals surface area contributed by atoms with Gasteiger partial charge in [0.05, 0.1) is 11.1 Å². The fraction of sp³-hybridized carbons (Fsp3) is 0.231. The molecule has 1 heterocycles. The Bertz CT molecular complexity index is 542. The number of hydrogen-bond acceptors (Lipinski definition) is 3. The normalized spacial score (nSPS) is 12.7. The number of nitrogens with one attached hydrogen (secondary N) is 1. The maximum Gasteiger partial charge on any atom is 0.123 e. The van der Waals surface area contributed by atoms with E-state index in [1.54, 1.807) is 17.4 Å². The van der Waals surface area contributed by atoms with Crippen molar-refractivity contribution in [1.29, 1.82) is 0 Å². The molecule has 1 aromatic heterocycles. The highest BCUT2D eigenvalue weighted by Gasteiger charge is 2.16. The smallest absolute Gasteiger partial charge is 0.123 e. The molecular weight excluding hydrogens is 271 g/mol. The van der Waals surface area contributed by atoms with Gasteiger partial charge in [-0.2, -0.15) is 0 Å². The third kappa shape index (κ3) is 2.90. The Morgan fingerprint density at radius 3 is 2.78 bits per heavy atom. The average molecular weight is 285 g/mol. The van der Waals surface area contributed by atoms with Gasteiger partial charge in [0.1, 0.15) is 5.82 Å². The molecule has 0 aliphatic rings. The lowest BCUT2D eigenvalue weighted by molar-refractivity contribution is 0.558. The molecule has 0 spiro atoms. The van der Waals surface area contributed by atoms with Crippen LogP contribution in [0.5, 0.6) is 0 Å². The van der Waals surface area contributed by atoms with Gasteiger partial charge in [-0.25, -0.2) is 4.39 Å². The minimum atomic E-state index is -0.220. The number of hydrazine groups is 1. The number of nitrogens with two attached hydrogens (primary N) is 1. The first-order valence-corrected chi connectivity index (χ1v) is 6.81. The van der Waals surface area contributed by atoms with E-state index in [1.807, 2.05) is 18.4 Å². The van der Waals surface area contributed by atoms with Crippen LogP contribution in [0.15, 0.2) is 29.6 Å². The van der Waals surface area contributed by atoms with Crippen molar-refractivity contribution in [3.8, 4) is 0 Å². The summed E-state index contributed by atoms with van der Waals surface area (Å²) >= 11 is 7.66. The summed E-state index contributed by atoms with van der Waals surface area (Å²) in [5.74, 6) is 5.36. The van der Waals surface area contributed by atoms with Gasteiger partial charge in [0.2, 0.25) is 0 Å². The molecular formula is C13H14ClFN2S. The van der Waals surface area contributed by atoms with Gasteiger partial charge in [0, 0.05) is 4.88 Å².